The summed E-state index contributed by atoms with van der Waals surface area (Å²) in [7, 11) is 0. The predicted molar refractivity (Wildman–Crippen MR) is 162 cm³/mol. The fourth-order valence-electron chi connectivity index (χ4n) is 5.96. The lowest BCUT2D eigenvalue weighted by Crippen LogP contribution is -2.24. The largest absolute Gasteiger partial charge is 0.481 e. The normalized spacial score (nSPS) is 13.2. The minimum Gasteiger partial charge on any atom is -0.481 e. The number of benzene rings is 3. The van der Waals surface area contributed by atoms with Gasteiger partial charge in [-0.2, -0.15) is 0 Å². The molecule has 0 amide bonds. The van der Waals surface area contributed by atoms with Crippen LogP contribution in [0, 0.1) is 11.6 Å². The van der Waals surface area contributed by atoms with E-state index in [2.05, 4.69) is 0 Å². The Morgan fingerprint density at radius 3 is 2.14 bits per heavy atom. The molecule has 3 N–H and O–H groups in total. The standard InChI is InChI=1S/C34H34F2N2O5/c1-20(2)38-29(16-15-25(39)17-26(40)18-30(41)42)31(22-9-13-24(36)14-10-22)32-27-5-3-4-6-28(27)37(34(43)33(32)38)19-21-7-11-23(35)12-8-21/h3-14,20,25-26,39-40H,15-19H2,1-2H3,(H,41,42)/t25-,26-/m1/s1. The van der Waals surface area contributed by atoms with Crippen LogP contribution in [0.3, 0.4) is 0 Å². The van der Waals surface area contributed by atoms with Gasteiger partial charge in [0, 0.05) is 28.1 Å². The molecule has 0 saturated heterocycles. The molecule has 0 radical (unpaired) electrons. The smallest absolute Gasteiger partial charge is 0.305 e. The van der Waals surface area contributed by atoms with Crippen molar-refractivity contribution >= 4 is 27.8 Å². The molecule has 9 heteroatoms. The van der Waals surface area contributed by atoms with Gasteiger partial charge in [0.2, 0.25) is 0 Å². The third-order valence-corrected chi connectivity index (χ3v) is 7.79. The van der Waals surface area contributed by atoms with Crippen LogP contribution in [0.4, 0.5) is 8.78 Å². The average molecular weight is 589 g/mol. The molecule has 0 saturated carbocycles. The quantitative estimate of drug-likeness (QED) is 0.174. The molecule has 0 fully saturated rings. The molecule has 5 aromatic rings. The van der Waals surface area contributed by atoms with Gasteiger partial charge in [-0.3, -0.25) is 9.59 Å². The maximum Gasteiger partial charge on any atom is 0.305 e. The number of para-hydroxylation sites is 1. The molecule has 3 aromatic carbocycles. The van der Waals surface area contributed by atoms with Crippen molar-refractivity contribution in [3.05, 3.63) is 106 Å². The summed E-state index contributed by atoms with van der Waals surface area (Å²) in [6.07, 6.45) is -2.23. The molecule has 5 rings (SSSR count). The number of pyridine rings is 1. The Balaban J connectivity index is 1.75. The Morgan fingerprint density at radius 2 is 1.51 bits per heavy atom. The number of fused-ring (bicyclic) bond motifs is 3. The molecule has 7 nitrogen and oxygen atoms in total. The third kappa shape index (κ3) is 6.23. The van der Waals surface area contributed by atoms with E-state index in [1.54, 1.807) is 28.8 Å². The average Bonchev–Trinajstić information content (AvgIpc) is 3.31. The summed E-state index contributed by atoms with van der Waals surface area (Å²) < 4.78 is 31.3. The van der Waals surface area contributed by atoms with E-state index >= 15 is 0 Å². The summed E-state index contributed by atoms with van der Waals surface area (Å²) in [5.41, 5.74) is 3.91. The SMILES string of the molecule is CC(C)n1c(CC[C@@H](O)C[C@@H](O)CC(=O)O)c(-c2ccc(F)cc2)c2c3ccccc3n(Cc3ccc(F)cc3)c(=O)c21. The maximum atomic E-state index is 14.4. The second-order valence-electron chi connectivity index (χ2n) is 11.2. The van der Waals surface area contributed by atoms with Crippen molar-refractivity contribution in [3.63, 3.8) is 0 Å². The van der Waals surface area contributed by atoms with E-state index in [4.69, 9.17) is 5.11 Å². The molecule has 2 atom stereocenters. The number of aromatic nitrogens is 2. The highest BCUT2D eigenvalue weighted by atomic mass is 19.1. The van der Waals surface area contributed by atoms with E-state index < -0.39 is 30.4 Å². The predicted octanol–water partition coefficient (Wildman–Crippen LogP) is 6.05. The molecule has 43 heavy (non-hydrogen) atoms. The van der Waals surface area contributed by atoms with Gasteiger partial charge in [-0.05, 0) is 74.6 Å². The first kappa shape index (κ1) is 30.1. The van der Waals surface area contributed by atoms with Crippen LogP contribution in [0.2, 0.25) is 0 Å². The zero-order valence-corrected chi connectivity index (χ0v) is 24.0. The van der Waals surface area contributed by atoms with Gasteiger partial charge < -0.3 is 24.5 Å². The molecule has 0 aliphatic heterocycles. The molecule has 0 spiro atoms. The number of carboxylic acid groups (broad SMARTS) is 1. The number of aliphatic hydroxyl groups is 2. The number of nitrogens with zero attached hydrogens (tertiary/aromatic N) is 2. The summed E-state index contributed by atoms with van der Waals surface area (Å²) >= 11 is 0. The number of carbonyl (C=O) groups is 1. The highest BCUT2D eigenvalue weighted by molar-refractivity contribution is 6.13. The van der Waals surface area contributed by atoms with Gasteiger partial charge in [0.15, 0.2) is 0 Å². The van der Waals surface area contributed by atoms with E-state index in [1.807, 2.05) is 42.7 Å². The summed E-state index contributed by atoms with van der Waals surface area (Å²) in [4.78, 5) is 25.4. The molecule has 2 aromatic heterocycles. The molecular weight excluding hydrogens is 554 g/mol. The fourth-order valence-corrected chi connectivity index (χ4v) is 5.96. The number of hydrogen-bond donors (Lipinski definition) is 3. The van der Waals surface area contributed by atoms with Crippen molar-refractivity contribution in [1.29, 1.82) is 0 Å². The minimum atomic E-state index is -1.19. The Labute approximate surface area is 247 Å². The maximum absolute atomic E-state index is 14.4. The van der Waals surface area contributed by atoms with E-state index in [0.29, 0.717) is 28.4 Å². The first-order chi connectivity index (χ1) is 20.5. The molecule has 2 heterocycles. The Kier molecular flexibility index (Phi) is 8.75. The van der Waals surface area contributed by atoms with Crippen molar-refractivity contribution in [2.45, 2.75) is 64.3 Å². The minimum absolute atomic E-state index is 0.104. The molecule has 0 aliphatic rings. The van der Waals surface area contributed by atoms with Crippen LogP contribution in [0.5, 0.6) is 0 Å². The lowest BCUT2D eigenvalue weighted by molar-refractivity contribution is -0.139. The van der Waals surface area contributed by atoms with E-state index in [0.717, 1.165) is 22.2 Å². The first-order valence-corrected chi connectivity index (χ1v) is 14.3. The number of aliphatic carboxylic acids is 1. The van der Waals surface area contributed by atoms with Crippen LogP contribution in [0.1, 0.15) is 50.4 Å². The van der Waals surface area contributed by atoms with Gasteiger partial charge in [0.1, 0.15) is 17.2 Å². The van der Waals surface area contributed by atoms with Crippen molar-refractivity contribution in [2.75, 3.05) is 0 Å². The zero-order valence-electron chi connectivity index (χ0n) is 24.0. The van der Waals surface area contributed by atoms with Gasteiger partial charge in [-0.1, -0.05) is 42.5 Å². The Morgan fingerprint density at radius 1 is 0.884 bits per heavy atom. The number of aliphatic hydroxyl groups excluding tert-OH is 2. The highest BCUT2D eigenvalue weighted by Gasteiger charge is 2.27. The molecule has 0 unspecified atom stereocenters. The number of rotatable bonds is 11. The van der Waals surface area contributed by atoms with Crippen molar-refractivity contribution in [2.24, 2.45) is 0 Å². The molecular formula is C34H34F2N2O5. The van der Waals surface area contributed by atoms with Gasteiger partial charge in [-0.25, -0.2) is 8.78 Å². The van der Waals surface area contributed by atoms with E-state index in [9.17, 15) is 28.6 Å². The van der Waals surface area contributed by atoms with Gasteiger partial charge in [0.25, 0.3) is 5.56 Å². The topological polar surface area (TPSA) is 105 Å². The zero-order chi connectivity index (χ0) is 30.8. The van der Waals surface area contributed by atoms with Crippen molar-refractivity contribution in [3.8, 4) is 11.1 Å². The van der Waals surface area contributed by atoms with Gasteiger partial charge in [0.05, 0.1) is 30.7 Å². The lowest BCUT2D eigenvalue weighted by Gasteiger charge is -2.19. The van der Waals surface area contributed by atoms with Crippen LogP contribution in [0.15, 0.2) is 77.6 Å². The number of hydrogen-bond acceptors (Lipinski definition) is 4. The van der Waals surface area contributed by atoms with E-state index in [1.165, 1.54) is 24.3 Å². The number of carboxylic acids is 1. The van der Waals surface area contributed by atoms with Gasteiger partial charge in [-0.15, -0.1) is 0 Å². The fraction of sp³-hybridized carbons (Fsp3) is 0.294. The Hall–Kier alpha value is -4.34. The van der Waals surface area contributed by atoms with Crippen molar-refractivity contribution < 1.29 is 28.9 Å². The second kappa shape index (κ2) is 12.5. The molecule has 0 bridgehead atoms. The monoisotopic (exact) mass is 588 g/mol. The van der Waals surface area contributed by atoms with Gasteiger partial charge >= 0.3 is 5.97 Å². The van der Waals surface area contributed by atoms with Crippen LogP contribution in [0.25, 0.3) is 32.9 Å². The summed E-state index contributed by atoms with van der Waals surface area (Å²) in [5, 5.41) is 31.3. The molecule has 0 aliphatic carbocycles. The molecule has 224 valence electrons. The lowest BCUT2D eigenvalue weighted by atomic mass is 9.96. The summed E-state index contributed by atoms with van der Waals surface area (Å²) in [6.45, 7) is 4.15. The van der Waals surface area contributed by atoms with Crippen LogP contribution < -0.4 is 5.56 Å². The Bertz CT molecular complexity index is 1830. The van der Waals surface area contributed by atoms with E-state index in [-0.39, 0.29) is 36.8 Å². The first-order valence-electron chi connectivity index (χ1n) is 14.3. The highest BCUT2D eigenvalue weighted by Crippen LogP contribution is 2.40. The second-order valence-corrected chi connectivity index (χ2v) is 11.2. The summed E-state index contributed by atoms with van der Waals surface area (Å²) in [5.74, 6) is -1.91. The van der Waals surface area contributed by atoms with Crippen LogP contribution in [-0.2, 0) is 17.8 Å². The third-order valence-electron chi connectivity index (χ3n) is 7.79. The summed E-state index contributed by atoms with van der Waals surface area (Å²) in [6, 6.07) is 19.5. The van der Waals surface area contributed by atoms with Crippen molar-refractivity contribution in [1.82, 2.24) is 9.13 Å². The number of halogens is 2. The van der Waals surface area contributed by atoms with Crippen LogP contribution in [-0.4, -0.2) is 42.6 Å². The van der Waals surface area contributed by atoms with Crippen LogP contribution >= 0.6 is 0 Å².